The molecule has 1 aliphatic heterocycles. The topological polar surface area (TPSA) is 69.7 Å². The van der Waals surface area contributed by atoms with Crippen LogP contribution >= 0.6 is 23.5 Å². The van der Waals surface area contributed by atoms with Crippen molar-refractivity contribution >= 4 is 41.2 Å². The second-order valence-corrected chi connectivity index (χ2v) is 9.08. The van der Waals surface area contributed by atoms with E-state index < -0.39 is 11.9 Å². The van der Waals surface area contributed by atoms with Crippen LogP contribution in [0.25, 0.3) is 0 Å². The molecule has 0 radical (unpaired) electrons. The fraction of sp³-hybridized carbons (Fsp3) is 0.800. The van der Waals surface area contributed by atoms with Crippen molar-refractivity contribution in [3.8, 4) is 0 Å². The highest BCUT2D eigenvalue weighted by molar-refractivity contribution is 8.21. The van der Waals surface area contributed by atoms with Crippen molar-refractivity contribution in [2.45, 2.75) is 23.3 Å². The molecular formula is C15H20O5S2. The molecule has 7 heteroatoms. The summed E-state index contributed by atoms with van der Waals surface area (Å²) in [5, 5.41) is 0. The fourth-order valence-electron chi connectivity index (χ4n) is 4.15. The van der Waals surface area contributed by atoms with E-state index in [4.69, 9.17) is 9.47 Å². The van der Waals surface area contributed by atoms with Crippen molar-refractivity contribution in [2.75, 3.05) is 25.7 Å². The number of fused-ring (bicyclic) bond motifs is 3. The third kappa shape index (κ3) is 2.37. The van der Waals surface area contributed by atoms with E-state index in [-0.39, 0.29) is 33.6 Å². The van der Waals surface area contributed by atoms with Gasteiger partial charge >= 0.3 is 11.9 Å². The molecule has 3 rings (SSSR count). The van der Waals surface area contributed by atoms with E-state index in [0.29, 0.717) is 12.8 Å². The van der Waals surface area contributed by atoms with Gasteiger partial charge in [-0.3, -0.25) is 14.4 Å². The predicted octanol–water partition coefficient (Wildman–Crippen LogP) is 1.74. The van der Waals surface area contributed by atoms with Crippen LogP contribution in [0, 0.1) is 23.7 Å². The largest absolute Gasteiger partial charge is 0.469 e. The summed E-state index contributed by atoms with van der Waals surface area (Å²) < 4.78 is 9.57. The Morgan fingerprint density at radius 2 is 1.68 bits per heavy atom. The zero-order valence-electron chi connectivity index (χ0n) is 12.7. The van der Waals surface area contributed by atoms with Gasteiger partial charge in [-0.2, -0.15) is 0 Å². The Labute approximate surface area is 138 Å². The van der Waals surface area contributed by atoms with Gasteiger partial charge in [0.2, 0.25) is 0 Å². The first-order chi connectivity index (χ1) is 10.5. The van der Waals surface area contributed by atoms with Crippen LogP contribution in [0.2, 0.25) is 0 Å². The molecule has 0 aromatic carbocycles. The van der Waals surface area contributed by atoms with Gasteiger partial charge in [-0.25, -0.2) is 0 Å². The molecule has 2 saturated carbocycles. The van der Waals surface area contributed by atoms with Gasteiger partial charge in [0.05, 0.1) is 24.2 Å². The summed E-state index contributed by atoms with van der Waals surface area (Å²) in [7, 11) is 2.73. The van der Waals surface area contributed by atoms with Crippen molar-refractivity contribution in [2.24, 2.45) is 23.7 Å². The molecule has 2 bridgehead atoms. The van der Waals surface area contributed by atoms with E-state index >= 15 is 0 Å². The van der Waals surface area contributed by atoms with Gasteiger partial charge in [-0.15, -0.1) is 23.5 Å². The lowest BCUT2D eigenvalue weighted by Crippen LogP contribution is -2.54. The van der Waals surface area contributed by atoms with Crippen LogP contribution < -0.4 is 0 Å². The van der Waals surface area contributed by atoms with Crippen LogP contribution in [0.3, 0.4) is 0 Å². The Kier molecular flexibility index (Phi) is 4.47. The minimum Gasteiger partial charge on any atom is -0.469 e. The molecule has 0 N–H and O–H groups in total. The van der Waals surface area contributed by atoms with Crippen LogP contribution in [-0.2, 0) is 23.9 Å². The number of rotatable bonds is 2. The highest BCUT2D eigenvalue weighted by Crippen LogP contribution is 2.63. The Hall–Kier alpha value is -0.690. The number of Topliss-reactive ketones (excluding diaryl/α,β-unsaturated/α-hetero) is 1. The molecule has 0 amide bonds. The van der Waals surface area contributed by atoms with Crippen molar-refractivity contribution in [3.05, 3.63) is 0 Å². The minimum absolute atomic E-state index is 0.0557. The number of hydrogen-bond acceptors (Lipinski definition) is 7. The number of hydrogen-bond donors (Lipinski definition) is 0. The predicted molar refractivity (Wildman–Crippen MR) is 84.5 cm³/mol. The SMILES string of the molecule is COC(=O)[C@H]1C[C@H]2C[C@@H](C[C@@H](C(=O)OC)C23SCCS3)C1=O. The lowest BCUT2D eigenvalue weighted by molar-refractivity contribution is -0.157. The number of esters is 2. The third-order valence-electron chi connectivity index (χ3n) is 5.12. The number of ketones is 1. The number of carbonyl (C=O) groups is 3. The quantitative estimate of drug-likeness (QED) is 0.558. The zero-order chi connectivity index (χ0) is 15.9. The molecule has 122 valence electrons. The molecule has 0 aromatic heterocycles. The first-order valence-electron chi connectivity index (χ1n) is 7.50. The second kappa shape index (κ2) is 6.07. The van der Waals surface area contributed by atoms with Crippen molar-refractivity contribution in [1.29, 1.82) is 0 Å². The zero-order valence-corrected chi connectivity index (χ0v) is 14.3. The fourth-order valence-corrected chi connectivity index (χ4v) is 7.94. The monoisotopic (exact) mass is 344 g/mol. The van der Waals surface area contributed by atoms with E-state index in [0.717, 1.165) is 17.9 Å². The average molecular weight is 344 g/mol. The van der Waals surface area contributed by atoms with E-state index in [1.54, 1.807) is 0 Å². The van der Waals surface area contributed by atoms with E-state index in [2.05, 4.69) is 0 Å². The summed E-state index contributed by atoms with van der Waals surface area (Å²) in [6.07, 6.45) is 1.77. The molecule has 3 aliphatic rings. The molecule has 2 aliphatic carbocycles. The standard InChI is InChI=1S/C15H20O5S2/c1-19-13(17)10-7-9-5-8(12(10)16)6-11(14(18)20-2)15(9)21-3-4-22-15/h8-11H,3-7H2,1-2H3/t8-,9+,10-,11-/m0/s1. The summed E-state index contributed by atoms with van der Waals surface area (Å²) >= 11 is 3.61. The molecule has 22 heavy (non-hydrogen) atoms. The summed E-state index contributed by atoms with van der Waals surface area (Å²) in [5.74, 6) is 0.313. The lowest BCUT2D eigenvalue weighted by Gasteiger charge is -2.50. The Balaban J connectivity index is 1.93. The molecule has 3 fully saturated rings. The van der Waals surface area contributed by atoms with Crippen molar-refractivity contribution < 1.29 is 23.9 Å². The highest BCUT2D eigenvalue weighted by Gasteiger charge is 2.60. The Bertz CT molecular complexity index is 500. The Morgan fingerprint density at radius 3 is 2.27 bits per heavy atom. The lowest BCUT2D eigenvalue weighted by atomic mass is 9.63. The molecule has 4 atom stereocenters. The van der Waals surface area contributed by atoms with Crippen LogP contribution in [0.4, 0.5) is 0 Å². The van der Waals surface area contributed by atoms with Crippen LogP contribution in [0.1, 0.15) is 19.3 Å². The molecule has 0 unspecified atom stereocenters. The average Bonchev–Trinajstić information content (AvgIpc) is 3.02. The molecule has 1 spiro atoms. The molecule has 1 heterocycles. The van der Waals surface area contributed by atoms with Gasteiger partial charge in [0.25, 0.3) is 0 Å². The van der Waals surface area contributed by atoms with Gasteiger partial charge in [0.1, 0.15) is 11.7 Å². The third-order valence-corrected chi connectivity index (χ3v) is 9.04. The molecule has 0 aromatic rings. The van der Waals surface area contributed by atoms with E-state index in [1.807, 2.05) is 23.5 Å². The summed E-state index contributed by atoms with van der Waals surface area (Å²) in [6.45, 7) is 0. The van der Waals surface area contributed by atoms with E-state index in [9.17, 15) is 14.4 Å². The smallest absolute Gasteiger partial charge is 0.316 e. The first-order valence-corrected chi connectivity index (χ1v) is 9.48. The van der Waals surface area contributed by atoms with Gasteiger partial charge in [-0.1, -0.05) is 0 Å². The highest BCUT2D eigenvalue weighted by atomic mass is 32.2. The second-order valence-electron chi connectivity index (χ2n) is 6.07. The van der Waals surface area contributed by atoms with Crippen LogP contribution in [0.15, 0.2) is 0 Å². The summed E-state index contributed by atoms with van der Waals surface area (Å²) in [6, 6.07) is 0. The molecule has 1 saturated heterocycles. The van der Waals surface area contributed by atoms with Crippen LogP contribution in [-0.4, -0.2) is 47.5 Å². The molecule has 5 nitrogen and oxygen atoms in total. The number of ether oxygens (including phenoxy) is 2. The van der Waals surface area contributed by atoms with E-state index in [1.165, 1.54) is 14.2 Å². The number of methoxy groups -OCH3 is 2. The number of carbonyl (C=O) groups excluding carboxylic acids is 3. The van der Waals surface area contributed by atoms with Gasteiger partial charge in [0, 0.05) is 17.4 Å². The normalized spacial score (nSPS) is 36.2. The Morgan fingerprint density at radius 1 is 1.05 bits per heavy atom. The van der Waals surface area contributed by atoms with Crippen molar-refractivity contribution in [1.82, 2.24) is 0 Å². The first kappa shape index (κ1) is 16.2. The maximum atomic E-state index is 12.5. The summed E-state index contributed by atoms with van der Waals surface area (Å²) in [5.41, 5.74) is 0. The maximum Gasteiger partial charge on any atom is 0.316 e. The van der Waals surface area contributed by atoms with Gasteiger partial charge < -0.3 is 9.47 Å². The van der Waals surface area contributed by atoms with Gasteiger partial charge in [-0.05, 0) is 25.2 Å². The van der Waals surface area contributed by atoms with Gasteiger partial charge in [0.15, 0.2) is 0 Å². The molecular weight excluding hydrogens is 324 g/mol. The van der Waals surface area contributed by atoms with Crippen LogP contribution in [0.5, 0.6) is 0 Å². The minimum atomic E-state index is -0.661. The maximum absolute atomic E-state index is 12.5. The summed E-state index contributed by atoms with van der Waals surface area (Å²) in [4.78, 5) is 36.8. The van der Waals surface area contributed by atoms with Crippen molar-refractivity contribution in [3.63, 3.8) is 0 Å². The number of thioether (sulfide) groups is 2.